The van der Waals surface area contributed by atoms with Gasteiger partial charge < -0.3 is 15.0 Å². The molecule has 0 aromatic heterocycles. The number of carbonyl (C=O) groups excluding carboxylic acids is 2. The molecule has 38 heavy (non-hydrogen) atoms. The number of urea groups is 1. The predicted octanol–water partition coefficient (Wildman–Crippen LogP) is 5.17. The Labute approximate surface area is 218 Å². The first-order valence-corrected chi connectivity index (χ1v) is 12.5. The number of hydrogen-bond donors (Lipinski definition) is 1. The number of amides is 3. The summed E-state index contributed by atoms with van der Waals surface area (Å²) >= 11 is 0. The Hall–Kier alpha value is -3.65. The standard InChI is InChI=1S/C27H28F4N4O3/c1-2-23-24(17-4-7-20(29)22(31)14-17)35(26(37)38-23)25(36)33-10-3-11-34-12-8-27(16-32,9-13-34)19-6-5-18(28)15-21(19)30/h4-7,14-15,23-24H,2-3,8-13H2,1H3,(H,33,36). The van der Waals surface area contributed by atoms with Crippen LogP contribution in [0.4, 0.5) is 27.2 Å². The minimum Gasteiger partial charge on any atom is -0.443 e. The highest BCUT2D eigenvalue weighted by Crippen LogP contribution is 2.37. The maximum Gasteiger partial charge on any atom is 0.419 e. The third kappa shape index (κ3) is 5.45. The lowest BCUT2D eigenvalue weighted by Crippen LogP contribution is -2.45. The van der Waals surface area contributed by atoms with E-state index in [1.54, 1.807) is 6.92 Å². The first-order valence-electron chi connectivity index (χ1n) is 12.5. The summed E-state index contributed by atoms with van der Waals surface area (Å²) in [6.07, 6.45) is 0.115. The van der Waals surface area contributed by atoms with Crippen LogP contribution in [0.5, 0.6) is 0 Å². The van der Waals surface area contributed by atoms with Crippen LogP contribution < -0.4 is 5.32 Å². The number of nitrogens with zero attached hydrogens (tertiary/aromatic N) is 3. The predicted molar refractivity (Wildman–Crippen MR) is 129 cm³/mol. The lowest BCUT2D eigenvalue weighted by Gasteiger charge is -2.37. The fraction of sp³-hybridized carbons (Fsp3) is 0.444. The van der Waals surface area contributed by atoms with Gasteiger partial charge in [0, 0.05) is 18.2 Å². The first kappa shape index (κ1) is 27.4. The molecule has 2 unspecified atom stereocenters. The van der Waals surface area contributed by atoms with Crippen LogP contribution in [0.1, 0.15) is 49.8 Å². The third-order valence-electron chi connectivity index (χ3n) is 7.28. The molecule has 2 aromatic carbocycles. The van der Waals surface area contributed by atoms with Gasteiger partial charge in [0.05, 0.1) is 11.5 Å². The summed E-state index contributed by atoms with van der Waals surface area (Å²) in [5, 5.41) is 12.5. The van der Waals surface area contributed by atoms with Gasteiger partial charge in [0.15, 0.2) is 11.6 Å². The van der Waals surface area contributed by atoms with Crippen LogP contribution in [0.2, 0.25) is 0 Å². The molecule has 2 saturated heterocycles. The van der Waals surface area contributed by atoms with Crippen molar-refractivity contribution in [2.24, 2.45) is 0 Å². The van der Waals surface area contributed by atoms with E-state index in [9.17, 15) is 32.4 Å². The SMILES string of the molecule is CCC1OC(=O)N(C(=O)NCCCN2CCC(C#N)(c3ccc(F)cc3F)CC2)C1c1ccc(F)c(F)c1. The van der Waals surface area contributed by atoms with Gasteiger partial charge in [0.2, 0.25) is 0 Å². The van der Waals surface area contributed by atoms with Gasteiger partial charge in [-0.2, -0.15) is 5.26 Å². The molecule has 2 aliphatic heterocycles. The summed E-state index contributed by atoms with van der Waals surface area (Å²) in [6.45, 7) is 3.62. The Kier molecular flexibility index (Phi) is 8.21. The molecular formula is C27H28F4N4O3. The number of nitrogens with one attached hydrogen (secondary N) is 1. The molecule has 7 nitrogen and oxygen atoms in total. The van der Waals surface area contributed by atoms with Gasteiger partial charge in [-0.25, -0.2) is 32.1 Å². The van der Waals surface area contributed by atoms with Gasteiger partial charge in [-0.05, 0) is 69.1 Å². The molecule has 0 saturated carbocycles. The minimum absolute atomic E-state index is 0.201. The van der Waals surface area contributed by atoms with E-state index in [4.69, 9.17) is 4.74 Å². The largest absolute Gasteiger partial charge is 0.443 e. The second-order valence-corrected chi connectivity index (χ2v) is 9.56. The maximum absolute atomic E-state index is 14.3. The molecule has 1 N–H and O–H groups in total. The zero-order valence-electron chi connectivity index (χ0n) is 20.9. The third-order valence-corrected chi connectivity index (χ3v) is 7.28. The highest BCUT2D eigenvalue weighted by Gasteiger charge is 2.45. The molecule has 2 aliphatic rings. The Bertz CT molecular complexity index is 1240. The molecule has 3 amide bonds. The van der Waals surface area contributed by atoms with Crippen molar-refractivity contribution in [3.8, 4) is 6.07 Å². The number of piperidine rings is 1. The number of nitriles is 1. The summed E-state index contributed by atoms with van der Waals surface area (Å²) < 4.78 is 60.2. The van der Waals surface area contributed by atoms with Crippen LogP contribution in [0, 0.1) is 34.6 Å². The minimum atomic E-state index is -1.08. The van der Waals surface area contributed by atoms with Gasteiger partial charge >= 0.3 is 12.1 Å². The van der Waals surface area contributed by atoms with E-state index in [2.05, 4.69) is 16.3 Å². The van der Waals surface area contributed by atoms with Crippen molar-refractivity contribution in [2.45, 2.75) is 50.2 Å². The van der Waals surface area contributed by atoms with Crippen LogP contribution in [-0.2, 0) is 10.2 Å². The second kappa shape index (κ2) is 11.4. The van der Waals surface area contributed by atoms with Crippen molar-refractivity contribution < 1.29 is 31.9 Å². The molecule has 0 aliphatic carbocycles. The molecule has 2 heterocycles. The summed E-state index contributed by atoms with van der Waals surface area (Å²) in [4.78, 5) is 28.3. The van der Waals surface area contributed by atoms with E-state index >= 15 is 0 Å². The lowest BCUT2D eigenvalue weighted by molar-refractivity contribution is 0.128. The molecule has 2 aromatic rings. The molecule has 0 bridgehead atoms. The number of likely N-dealkylation sites (tertiary alicyclic amines) is 1. The topological polar surface area (TPSA) is 85.7 Å². The van der Waals surface area contributed by atoms with Crippen LogP contribution in [0.3, 0.4) is 0 Å². The monoisotopic (exact) mass is 532 g/mol. The summed E-state index contributed by atoms with van der Waals surface area (Å²) in [5.74, 6) is -3.53. The molecular weight excluding hydrogens is 504 g/mol. The number of halogens is 4. The zero-order valence-corrected chi connectivity index (χ0v) is 20.9. The number of cyclic esters (lactones) is 1. The number of imide groups is 1. The van der Waals surface area contributed by atoms with E-state index < -0.39 is 53.0 Å². The number of benzene rings is 2. The molecule has 0 spiro atoms. The normalized spacial score (nSPS) is 21.2. The quantitative estimate of drug-likeness (QED) is 0.393. The van der Waals surface area contributed by atoms with Crippen LogP contribution in [-0.4, -0.2) is 54.2 Å². The first-order chi connectivity index (χ1) is 18.2. The second-order valence-electron chi connectivity index (χ2n) is 9.56. The number of carbonyl (C=O) groups is 2. The van der Waals surface area contributed by atoms with E-state index in [0.717, 1.165) is 29.2 Å². The van der Waals surface area contributed by atoms with Crippen LogP contribution >= 0.6 is 0 Å². The fourth-order valence-electron chi connectivity index (χ4n) is 5.17. The van der Waals surface area contributed by atoms with Gasteiger partial charge in [-0.15, -0.1) is 0 Å². The van der Waals surface area contributed by atoms with Crippen LogP contribution in [0.25, 0.3) is 0 Å². The van der Waals surface area contributed by atoms with E-state index in [0.29, 0.717) is 45.3 Å². The fourth-order valence-corrected chi connectivity index (χ4v) is 5.17. The van der Waals surface area contributed by atoms with Crippen molar-refractivity contribution in [2.75, 3.05) is 26.2 Å². The van der Waals surface area contributed by atoms with Crippen molar-refractivity contribution >= 4 is 12.1 Å². The van der Waals surface area contributed by atoms with E-state index in [1.807, 2.05) is 0 Å². The van der Waals surface area contributed by atoms with Crippen molar-refractivity contribution in [1.29, 1.82) is 5.26 Å². The molecule has 11 heteroatoms. The van der Waals surface area contributed by atoms with Gasteiger partial charge in [0.1, 0.15) is 23.8 Å². The molecule has 0 radical (unpaired) electrons. The Morgan fingerprint density at radius 2 is 1.84 bits per heavy atom. The average Bonchev–Trinajstić information content (AvgIpc) is 3.25. The molecule has 4 rings (SSSR count). The van der Waals surface area contributed by atoms with Gasteiger partial charge in [-0.1, -0.05) is 19.1 Å². The highest BCUT2D eigenvalue weighted by molar-refractivity contribution is 5.93. The smallest absolute Gasteiger partial charge is 0.419 e. The molecule has 2 fully saturated rings. The Morgan fingerprint density at radius 1 is 1.11 bits per heavy atom. The number of rotatable bonds is 7. The van der Waals surface area contributed by atoms with E-state index in [-0.39, 0.29) is 17.7 Å². The lowest BCUT2D eigenvalue weighted by atomic mass is 9.73. The average molecular weight is 533 g/mol. The molecule has 202 valence electrons. The number of hydrogen-bond acceptors (Lipinski definition) is 5. The van der Waals surface area contributed by atoms with Gasteiger partial charge in [0.25, 0.3) is 0 Å². The van der Waals surface area contributed by atoms with Crippen molar-refractivity contribution in [3.05, 3.63) is 70.8 Å². The highest BCUT2D eigenvalue weighted by atomic mass is 19.2. The Balaban J connectivity index is 1.31. The summed E-state index contributed by atoms with van der Waals surface area (Å²) in [7, 11) is 0. The van der Waals surface area contributed by atoms with Crippen molar-refractivity contribution in [1.82, 2.24) is 15.1 Å². The number of ether oxygens (including phenoxy) is 1. The van der Waals surface area contributed by atoms with Gasteiger partial charge in [-0.3, -0.25) is 0 Å². The zero-order chi connectivity index (χ0) is 27.4. The molecule has 2 atom stereocenters. The Morgan fingerprint density at radius 3 is 2.47 bits per heavy atom. The summed E-state index contributed by atoms with van der Waals surface area (Å²) in [6, 6.07) is 7.14. The van der Waals surface area contributed by atoms with Crippen molar-refractivity contribution in [3.63, 3.8) is 0 Å². The maximum atomic E-state index is 14.3. The summed E-state index contributed by atoms with van der Waals surface area (Å²) in [5.41, 5.74) is -0.570. The van der Waals surface area contributed by atoms with E-state index in [1.165, 1.54) is 12.1 Å². The van der Waals surface area contributed by atoms with Crippen LogP contribution in [0.15, 0.2) is 36.4 Å².